The minimum absolute atomic E-state index is 0.461. The maximum atomic E-state index is 5.21. The van der Waals surface area contributed by atoms with Gasteiger partial charge in [0, 0.05) is 12.7 Å². The molecule has 0 aliphatic rings. The third-order valence-corrected chi connectivity index (χ3v) is 3.46. The first-order valence-electron chi connectivity index (χ1n) is 7.15. The van der Waals surface area contributed by atoms with Crippen LogP contribution in [-0.2, 0) is 6.54 Å². The lowest BCUT2D eigenvalue weighted by Gasteiger charge is -2.07. The number of fused-ring (bicyclic) bond motifs is 1. The molecule has 0 radical (unpaired) electrons. The van der Waals surface area contributed by atoms with Crippen molar-refractivity contribution < 1.29 is 0 Å². The number of imidazole rings is 1. The molecule has 6 nitrogen and oxygen atoms in total. The van der Waals surface area contributed by atoms with Gasteiger partial charge in [0.15, 0.2) is 16.6 Å². The van der Waals surface area contributed by atoms with Crippen LogP contribution >= 0.6 is 12.2 Å². The molecule has 0 saturated carbocycles. The molecule has 3 aromatic rings. The summed E-state index contributed by atoms with van der Waals surface area (Å²) in [4.78, 5) is 11.7. The fourth-order valence-corrected chi connectivity index (χ4v) is 2.14. The van der Waals surface area contributed by atoms with Crippen LogP contribution < -0.4 is 10.7 Å². The molecule has 0 saturated heterocycles. The van der Waals surface area contributed by atoms with Gasteiger partial charge >= 0.3 is 0 Å². The summed E-state index contributed by atoms with van der Waals surface area (Å²) in [6, 6.07) is 13.8. The van der Waals surface area contributed by atoms with Crippen LogP contribution in [-0.4, -0.2) is 25.8 Å². The number of hydrogen-bond donors (Lipinski definition) is 3. The molecule has 0 aliphatic carbocycles. The Morgan fingerprint density at radius 3 is 2.83 bits per heavy atom. The van der Waals surface area contributed by atoms with Gasteiger partial charge in [-0.1, -0.05) is 30.3 Å². The molecule has 0 aliphatic heterocycles. The third kappa shape index (κ3) is 3.89. The van der Waals surface area contributed by atoms with Crippen molar-refractivity contribution in [2.75, 3.05) is 0 Å². The van der Waals surface area contributed by atoms with Crippen molar-refractivity contribution in [3.05, 3.63) is 60.0 Å². The summed E-state index contributed by atoms with van der Waals surface area (Å²) in [6.45, 7) is 2.50. The molecule has 116 valence electrons. The van der Waals surface area contributed by atoms with Crippen LogP contribution in [0.25, 0.3) is 11.2 Å². The van der Waals surface area contributed by atoms with Gasteiger partial charge in [0.2, 0.25) is 0 Å². The third-order valence-electron chi connectivity index (χ3n) is 3.22. The molecule has 0 atom stereocenters. The molecule has 0 fully saturated rings. The van der Waals surface area contributed by atoms with E-state index in [0.717, 1.165) is 11.1 Å². The topological polar surface area (TPSA) is 78.0 Å². The number of nitrogens with zero attached hydrogens (tertiary/aromatic N) is 3. The van der Waals surface area contributed by atoms with Crippen LogP contribution in [0.4, 0.5) is 0 Å². The lowest BCUT2D eigenvalue weighted by atomic mass is 10.2. The number of hydrogen-bond acceptors (Lipinski definition) is 4. The summed E-state index contributed by atoms with van der Waals surface area (Å²) in [5, 5.41) is 7.81. The highest BCUT2D eigenvalue weighted by atomic mass is 32.1. The van der Waals surface area contributed by atoms with Crippen molar-refractivity contribution in [2.45, 2.75) is 13.5 Å². The molecule has 3 N–H and O–H groups in total. The number of hydrazone groups is 1. The maximum absolute atomic E-state index is 5.21. The Bertz CT molecular complexity index is 807. The first-order valence-corrected chi connectivity index (χ1v) is 7.56. The van der Waals surface area contributed by atoms with Crippen LogP contribution in [0.2, 0.25) is 0 Å². The average Bonchev–Trinajstić information content (AvgIpc) is 3.03. The van der Waals surface area contributed by atoms with Crippen LogP contribution in [0, 0.1) is 0 Å². The Balaban J connectivity index is 1.59. The van der Waals surface area contributed by atoms with Gasteiger partial charge in [0.1, 0.15) is 5.71 Å². The van der Waals surface area contributed by atoms with E-state index >= 15 is 0 Å². The van der Waals surface area contributed by atoms with Crippen LogP contribution in [0.5, 0.6) is 0 Å². The minimum Gasteiger partial charge on any atom is -0.357 e. The smallest absolute Gasteiger partial charge is 0.187 e. The fraction of sp³-hybridized carbons (Fsp3) is 0.125. The Hall–Kier alpha value is -2.80. The summed E-state index contributed by atoms with van der Waals surface area (Å²) in [5.41, 5.74) is 6.22. The molecule has 0 spiro atoms. The number of benzene rings is 1. The number of thiocarbonyl (C=S) groups is 1. The van der Waals surface area contributed by atoms with Gasteiger partial charge in [-0.2, -0.15) is 5.10 Å². The average molecular weight is 324 g/mol. The maximum Gasteiger partial charge on any atom is 0.187 e. The number of rotatable bonds is 4. The van der Waals surface area contributed by atoms with Crippen molar-refractivity contribution in [2.24, 2.45) is 5.10 Å². The quantitative estimate of drug-likeness (QED) is 0.390. The molecule has 0 unspecified atom stereocenters. The lowest BCUT2D eigenvalue weighted by Crippen LogP contribution is -2.32. The summed E-state index contributed by atoms with van der Waals surface area (Å²) in [7, 11) is 0. The van der Waals surface area contributed by atoms with E-state index in [1.165, 1.54) is 0 Å². The molecule has 0 bridgehead atoms. The molecule has 23 heavy (non-hydrogen) atoms. The van der Waals surface area contributed by atoms with E-state index in [9.17, 15) is 0 Å². The molecular weight excluding hydrogens is 308 g/mol. The zero-order valence-corrected chi connectivity index (χ0v) is 13.4. The monoisotopic (exact) mass is 324 g/mol. The molecular formula is C16H16N6S. The molecule has 2 aromatic heterocycles. The van der Waals surface area contributed by atoms with Gasteiger partial charge in [-0.3, -0.25) is 5.43 Å². The molecule has 7 heteroatoms. The van der Waals surface area contributed by atoms with Crippen LogP contribution in [0.1, 0.15) is 18.3 Å². The van der Waals surface area contributed by atoms with Crippen molar-refractivity contribution in [1.29, 1.82) is 0 Å². The Labute approximate surface area is 139 Å². The van der Waals surface area contributed by atoms with Gasteiger partial charge in [0.05, 0.1) is 5.52 Å². The lowest BCUT2D eigenvalue weighted by molar-refractivity contribution is 0.865. The number of pyridine rings is 1. The van der Waals surface area contributed by atoms with E-state index in [1.54, 1.807) is 6.20 Å². The van der Waals surface area contributed by atoms with E-state index in [-0.39, 0.29) is 0 Å². The van der Waals surface area contributed by atoms with Gasteiger partial charge < -0.3 is 10.3 Å². The second kappa shape index (κ2) is 6.97. The second-order valence-corrected chi connectivity index (χ2v) is 5.35. The highest BCUT2D eigenvalue weighted by molar-refractivity contribution is 7.80. The van der Waals surface area contributed by atoms with Crippen molar-refractivity contribution >= 4 is 34.2 Å². The van der Waals surface area contributed by atoms with Gasteiger partial charge in [-0.15, -0.1) is 0 Å². The minimum atomic E-state index is 0.461. The summed E-state index contributed by atoms with van der Waals surface area (Å²) < 4.78 is 0. The first-order chi connectivity index (χ1) is 11.2. The van der Waals surface area contributed by atoms with Crippen LogP contribution in [0.15, 0.2) is 53.8 Å². The predicted octanol–water partition coefficient (Wildman–Crippen LogP) is 2.35. The second-order valence-electron chi connectivity index (χ2n) is 4.94. The Morgan fingerprint density at radius 2 is 2.04 bits per heavy atom. The van der Waals surface area contributed by atoms with Crippen molar-refractivity contribution in [3.63, 3.8) is 0 Å². The largest absolute Gasteiger partial charge is 0.357 e. The summed E-state index contributed by atoms with van der Waals surface area (Å²) in [6.07, 6.45) is 1.71. The Morgan fingerprint density at radius 1 is 1.22 bits per heavy atom. The standard InChI is InChI=1S/C16H16N6S/c1-11(14-19-13-8-5-9-17-15(13)20-14)21-22-16(23)18-10-12-6-3-2-4-7-12/h2-9H,10H2,1H3,(H,17,19,20)(H2,18,22,23)/b21-11+. The number of H-pyrrole nitrogens is 1. The van der Waals surface area contributed by atoms with Gasteiger partial charge in [-0.05, 0) is 36.8 Å². The number of nitrogens with one attached hydrogen (secondary N) is 3. The van der Waals surface area contributed by atoms with E-state index in [1.807, 2.05) is 49.4 Å². The number of aromatic nitrogens is 3. The zero-order valence-electron chi connectivity index (χ0n) is 12.6. The molecule has 2 heterocycles. The number of aromatic amines is 1. The molecule has 1 aromatic carbocycles. The van der Waals surface area contributed by atoms with Crippen molar-refractivity contribution in [1.82, 2.24) is 25.7 Å². The van der Waals surface area contributed by atoms with E-state index < -0.39 is 0 Å². The van der Waals surface area contributed by atoms with E-state index in [2.05, 4.69) is 30.8 Å². The van der Waals surface area contributed by atoms with Gasteiger partial charge in [0.25, 0.3) is 0 Å². The summed E-state index contributed by atoms with van der Waals surface area (Å²) >= 11 is 5.21. The highest BCUT2D eigenvalue weighted by Gasteiger charge is 2.06. The fourth-order valence-electron chi connectivity index (χ4n) is 2.02. The van der Waals surface area contributed by atoms with E-state index in [4.69, 9.17) is 12.2 Å². The predicted molar refractivity (Wildman–Crippen MR) is 95.1 cm³/mol. The zero-order chi connectivity index (χ0) is 16.1. The van der Waals surface area contributed by atoms with Crippen molar-refractivity contribution in [3.8, 4) is 0 Å². The first kappa shape index (κ1) is 15.1. The van der Waals surface area contributed by atoms with Gasteiger partial charge in [-0.25, -0.2) is 9.97 Å². The SMILES string of the molecule is C/C(=N\NC(=S)NCc1ccccc1)c1nc2ncccc2[nH]1. The van der Waals surface area contributed by atoms with Crippen LogP contribution in [0.3, 0.4) is 0 Å². The summed E-state index contributed by atoms with van der Waals surface area (Å²) in [5.74, 6) is 0.664. The van der Waals surface area contributed by atoms with E-state index in [0.29, 0.717) is 28.8 Å². The molecule has 0 amide bonds. The normalized spacial score (nSPS) is 11.4. The molecule has 3 rings (SSSR count). The highest BCUT2D eigenvalue weighted by Crippen LogP contribution is 2.07. The Kier molecular flexibility index (Phi) is 4.58.